The van der Waals surface area contributed by atoms with E-state index in [9.17, 15) is 0 Å². The molecule has 0 aliphatic carbocycles. The van der Waals surface area contributed by atoms with Crippen molar-refractivity contribution in [3.63, 3.8) is 0 Å². The topological polar surface area (TPSA) is 77.2 Å². The van der Waals surface area contributed by atoms with Gasteiger partial charge in [-0.3, -0.25) is 0 Å². The Morgan fingerprint density at radius 2 is 1.87 bits per heavy atom. The highest BCUT2D eigenvalue weighted by atomic mass is 16.5. The molecule has 7 heteroatoms. The van der Waals surface area contributed by atoms with Gasteiger partial charge in [-0.05, 0) is 42.3 Å². The summed E-state index contributed by atoms with van der Waals surface area (Å²) >= 11 is 0. The number of hydrazone groups is 1. The number of methoxy groups -OCH3 is 1. The highest BCUT2D eigenvalue weighted by Gasteiger charge is 2.14. The van der Waals surface area contributed by atoms with E-state index in [0.29, 0.717) is 5.95 Å². The molecule has 7 nitrogen and oxygen atoms in total. The molecule has 30 heavy (non-hydrogen) atoms. The van der Waals surface area contributed by atoms with E-state index in [0.717, 1.165) is 46.3 Å². The van der Waals surface area contributed by atoms with Crippen LogP contribution in [0.2, 0.25) is 0 Å². The van der Waals surface area contributed by atoms with Crippen molar-refractivity contribution in [3.05, 3.63) is 54.1 Å². The molecular formula is C23H26N6O. The van der Waals surface area contributed by atoms with Crippen molar-refractivity contribution >= 4 is 34.2 Å². The van der Waals surface area contributed by atoms with Crippen LogP contribution >= 0.6 is 0 Å². The monoisotopic (exact) mass is 402 g/mol. The van der Waals surface area contributed by atoms with E-state index >= 15 is 0 Å². The Bertz CT molecular complexity index is 1150. The second-order valence-electron chi connectivity index (χ2n) is 7.18. The maximum atomic E-state index is 5.17. The molecule has 0 bridgehead atoms. The van der Waals surface area contributed by atoms with Gasteiger partial charge in [-0.2, -0.15) is 10.1 Å². The van der Waals surface area contributed by atoms with Crippen LogP contribution in [-0.4, -0.2) is 33.1 Å². The maximum Gasteiger partial charge on any atom is 0.265 e. The summed E-state index contributed by atoms with van der Waals surface area (Å²) in [5.41, 5.74) is 6.65. The second kappa shape index (κ2) is 9.35. The van der Waals surface area contributed by atoms with Gasteiger partial charge in [-0.15, -0.1) is 10.2 Å². The number of anilines is 1. The first-order chi connectivity index (χ1) is 14.8. The molecule has 1 N–H and O–H groups in total. The lowest BCUT2D eigenvalue weighted by atomic mass is 10.2. The molecule has 0 aliphatic heterocycles. The van der Waals surface area contributed by atoms with Gasteiger partial charge in [0.25, 0.3) is 5.95 Å². The van der Waals surface area contributed by atoms with Crippen LogP contribution in [-0.2, 0) is 6.54 Å². The Morgan fingerprint density at radius 3 is 2.67 bits per heavy atom. The average molecular weight is 403 g/mol. The van der Waals surface area contributed by atoms with E-state index in [1.54, 1.807) is 13.3 Å². The number of para-hydroxylation sites is 1. The average Bonchev–Trinajstić information content (AvgIpc) is 3.10. The zero-order chi connectivity index (χ0) is 20.8. The van der Waals surface area contributed by atoms with Gasteiger partial charge in [0.15, 0.2) is 5.65 Å². The van der Waals surface area contributed by atoms with Crippen LogP contribution in [0.25, 0.3) is 22.1 Å². The molecule has 0 fully saturated rings. The number of nitrogens with one attached hydrogen (secondary N) is 1. The zero-order valence-corrected chi connectivity index (χ0v) is 17.4. The van der Waals surface area contributed by atoms with Gasteiger partial charge >= 0.3 is 0 Å². The van der Waals surface area contributed by atoms with Gasteiger partial charge in [0.05, 0.1) is 18.8 Å². The van der Waals surface area contributed by atoms with Gasteiger partial charge in [0.1, 0.15) is 11.3 Å². The van der Waals surface area contributed by atoms with Crippen molar-refractivity contribution in [2.24, 2.45) is 5.10 Å². The molecule has 0 amide bonds. The zero-order valence-electron chi connectivity index (χ0n) is 17.4. The van der Waals surface area contributed by atoms with E-state index < -0.39 is 0 Å². The number of ether oxygens (including phenoxy) is 1. The first-order valence-electron chi connectivity index (χ1n) is 10.3. The third-order valence-electron chi connectivity index (χ3n) is 5.10. The fourth-order valence-corrected chi connectivity index (χ4v) is 3.53. The minimum absolute atomic E-state index is 0.380. The van der Waals surface area contributed by atoms with E-state index in [1.807, 2.05) is 30.3 Å². The van der Waals surface area contributed by atoms with Crippen LogP contribution < -0.4 is 10.2 Å². The Balaban J connectivity index is 1.58. The van der Waals surface area contributed by atoms with Crippen LogP contribution in [0, 0.1) is 0 Å². The van der Waals surface area contributed by atoms with Crippen molar-refractivity contribution in [3.8, 4) is 5.75 Å². The standard InChI is InChI=1S/C23H26N6O/c1-3-4-5-8-15-29-20-10-7-6-9-19(20)21-22(29)25-23(28-26-21)27-24-16-17-11-13-18(30-2)14-12-17/h6-7,9-14,16H,3-5,8,15H2,1-2H3,(H,25,27,28)/b24-16+. The van der Waals surface area contributed by atoms with Crippen molar-refractivity contribution < 1.29 is 4.74 Å². The maximum absolute atomic E-state index is 5.17. The summed E-state index contributed by atoms with van der Waals surface area (Å²) in [6.07, 6.45) is 6.51. The molecule has 0 spiro atoms. The van der Waals surface area contributed by atoms with Crippen LogP contribution in [0.15, 0.2) is 53.6 Å². The highest BCUT2D eigenvalue weighted by molar-refractivity contribution is 6.04. The Morgan fingerprint density at radius 1 is 1.03 bits per heavy atom. The molecule has 0 atom stereocenters. The SMILES string of the molecule is CCCCCCn1c2ccccc2c2nnc(N/N=C/c3ccc(OC)cc3)nc21. The third kappa shape index (κ3) is 4.25. The van der Waals surface area contributed by atoms with Crippen LogP contribution in [0.1, 0.15) is 38.2 Å². The lowest BCUT2D eigenvalue weighted by molar-refractivity contribution is 0.415. The van der Waals surface area contributed by atoms with Crippen molar-refractivity contribution in [2.45, 2.75) is 39.2 Å². The minimum Gasteiger partial charge on any atom is -0.497 e. The normalized spacial score (nSPS) is 11.5. The van der Waals surface area contributed by atoms with E-state index in [1.165, 1.54) is 19.3 Å². The molecule has 4 rings (SSSR count). The molecule has 2 aromatic heterocycles. The fraction of sp³-hybridized carbons (Fsp3) is 0.304. The van der Waals surface area contributed by atoms with Crippen molar-refractivity contribution in [1.82, 2.24) is 19.7 Å². The number of rotatable bonds is 9. The van der Waals surface area contributed by atoms with Crippen LogP contribution in [0.5, 0.6) is 5.75 Å². The largest absolute Gasteiger partial charge is 0.497 e. The molecule has 2 heterocycles. The summed E-state index contributed by atoms with van der Waals surface area (Å²) < 4.78 is 7.41. The summed E-state index contributed by atoms with van der Waals surface area (Å²) in [5, 5.41) is 14.0. The predicted octanol–water partition coefficient (Wildman–Crippen LogP) is 5.01. The lowest BCUT2D eigenvalue weighted by Gasteiger charge is -2.06. The van der Waals surface area contributed by atoms with Gasteiger partial charge < -0.3 is 9.30 Å². The fourth-order valence-electron chi connectivity index (χ4n) is 3.53. The van der Waals surface area contributed by atoms with E-state index in [4.69, 9.17) is 9.72 Å². The molecule has 0 saturated carbocycles. The van der Waals surface area contributed by atoms with Gasteiger partial charge in [-0.1, -0.05) is 44.4 Å². The number of benzene rings is 2. The number of aryl methyl sites for hydroxylation is 1. The number of nitrogens with zero attached hydrogens (tertiary/aromatic N) is 5. The number of hydrogen-bond acceptors (Lipinski definition) is 6. The lowest BCUT2D eigenvalue weighted by Crippen LogP contribution is -2.03. The third-order valence-corrected chi connectivity index (χ3v) is 5.10. The Kier molecular flexibility index (Phi) is 6.17. The molecule has 154 valence electrons. The van der Waals surface area contributed by atoms with E-state index in [2.05, 4.69) is 50.4 Å². The van der Waals surface area contributed by atoms with Gasteiger partial charge in [0, 0.05) is 11.9 Å². The molecule has 4 aromatic rings. The van der Waals surface area contributed by atoms with Crippen LogP contribution in [0.4, 0.5) is 5.95 Å². The summed E-state index contributed by atoms with van der Waals surface area (Å²) in [5.74, 6) is 1.19. The predicted molar refractivity (Wildman–Crippen MR) is 121 cm³/mol. The molecule has 0 aliphatic rings. The number of unbranched alkanes of at least 4 members (excludes halogenated alkanes) is 3. The number of hydrogen-bond donors (Lipinski definition) is 1. The smallest absolute Gasteiger partial charge is 0.265 e. The van der Waals surface area contributed by atoms with Gasteiger partial charge in [0.2, 0.25) is 0 Å². The Labute approximate surface area is 175 Å². The Hall–Kier alpha value is -3.48. The molecule has 2 aromatic carbocycles. The molecule has 0 unspecified atom stereocenters. The highest BCUT2D eigenvalue weighted by Crippen LogP contribution is 2.26. The van der Waals surface area contributed by atoms with E-state index in [-0.39, 0.29) is 0 Å². The molecular weight excluding hydrogens is 376 g/mol. The first kappa shape index (κ1) is 19.8. The first-order valence-corrected chi connectivity index (χ1v) is 10.3. The van der Waals surface area contributed by atoms with Crippen molar-refractivity contribution in [1.29, 1.82) is 0 Å². The van der Waals surface area contributed by atoms with Gasteiger partial charge in [-0.25, -0.2) is 5.43 Å². The van der Waals surface area contributed by atoms with Crippen molar-refractivity contribution in [2.75, 3.05) is 12.5 Å². The summed E-state index contributed by atoms with van der Waals surface area (Å²) in [6, 6.07) is 15.9. The quantitative estimate of drug-likeness (QED) is 0.242. The number of aromatic nitrogens is 4. The summed E-state index contributed by atoms with van der Waals surface area (Å²) in [4.78, 5) is 4.71. The molecule has 0 saturated heterocycles. The summed E-state index contributed by atoms with van der Waals surface area (Å²) in [6.45, 7) is 3.14. The minimum atomic E-state index is 0.380. The molecule has 0 radical (unpaired) electrons. The van der Waals surface area contributed by atoms with Crippen LogP contribution in [0.3, 0.4) is 0 Å². The number of fused-ring (bicyclic) bond motifs is 3. The second-order valence-corrected chi connectivity index (χ2v) is 7.18. The summed E-state index contributed by atoms with van der Waals surface area (Å²) in [7, 11) is 1.65.